The molecule has 7 nitrogen and oxygen atoms in total. The van der Waals surface area contributed by atoms with E-state index in [9.17, 15) is 24.8 Å². The molecule has 1 aromatic rings. The predicted molar refractivity (Wildman–Crippen MR) is 81.8 cm³/mol. The number of nitro benzene ring substituents is 1. The van der Waals surface area contributed by atoms with Crippen LogP contribution in [-0.4, -0.2) is 21.9 Å². The van der Waals surface area contributed by atoms with Crippen LogP contribution < -0.4 is 5.32 Å². The highest BCUT2D eigenvalue weighted by Crippen LogP contribution is 2.48. The molecular formula is C16H16N2O5. The molecule has 120 valence electrons. The van der Waals surface area contributed by atoms with Gasteiger partial charge in [0.1, 0.15) is 0 Å². The number of anilines is 1. The minimum Gasteiger partial charge on any atom is -0.481 e. The molecule has 2 aliphatic rings. The van der Waals surface area contributed by atoms with Gasteiger partial charge in [-0.2, -0.15) is 0 Å². The number of carbonyl (C=O) groups excluding carboxylic acids is 1. The number of carboxylic acids is 1. The molecule has 0 aromatic heterocycles. The van der Waals surface area contributed by atoms with Gasteiger partial charge in [-0.25, -0.2) is 0 Å². The zero-order valence-electron chi connectivity index (χ0n) is 12.4. The van der Waals surface area contributed by atoms with E-state index in [1.54, 1.807) is 13.0 Å². The summed E-state index contributed by atoms with van der Waals surface area (Å²) in [7, 11) is 0. The molecule has 7 heteroatoms. The van der Waals surface area contributed by atoms with Crippen molar-refractivity contribution in [3.8, 4) is 0 Å². The molecule has 0 spiro atoms. The summed E-state index contributed by atoms with van der Waals surface area (Å²) in [6.07, 6.45) is 4.43. The maximum Gasteiger partial charge on any atom is 0.307 e. The molecule has 4 atom stereocenters. The molecule has 23 heavy (non-hydrogen) atoms. The molecular weight excluding hydrogens is 300 g/mol. The highest BCUT2D eigenvalue weighted by Gasteiger charge is 2.51. The first-order chi connectivity index (χ1) is 10.9. The third-order valence-electron chi connectivity index (χ3n) is 4.81. The lowest BCUT2D eigenvalue weighted by molar-refractivity contribution is -0.385. The highest BCUT2D eigenvalue weighted by molar-refractivity contribution is 5.97. The van der Waals surface area contributed by atoms with Crippen LogP contribution in [0.2, 0.25) is 0 Å². The largest absolute Gasteiger partial charge is 0.481 e. The van der Waals surface area contributed by atoms with Crippen LogP contribution in [0.3, 0.4) is 0 Å². The molecule has 1 saturated carbocycles. The van der Waals surface area contributed by atoms with E-state index >= 15 is 0 Å². The number of hydrogen-bond donors (Lipinski definition) is 2. The predicted octanol–water partition coefficient (Wildman–Crippen LogP) is 2.36. The van der Waals surface area contributed by atoms with E-state index in [0.29, 0.717) is 17.7 Å². The molecule has 2 aliphatic carbocycles. The Balaban J connectivity index is 1.85. The first-order valence-corrected chi connectivity index (χ1v) is 7.36. The van der Waals surface area contributed by atoms with E-state index < -0.39 is 28.6 Å². The molecule has 4 unspecified atom stereocenters. The summed E-state index contributed by atoms with van der Waals surface area (Å²) < 4.78 is 0. The van der Waals surface area contributed by atoms with E-state index in [1.807, 2.05) is 12.2 Å². The summed E-state index contributed by atoms with van der Waals surface area (Å²) >= 11 is 0. The smallest absolute Gasteiger partial charge is 0.307 e. The van der Waals surface area contributed by atoms with Gasteiger partial charge in [0.05, 0.1) is 28.0 Å². The van der Waals surface area contributed by atoms with Crippen LogP contribution in [0.15, 0.2) is 30.4 Å². The Morgan fingerprint density at radius 1 is 1.26 bits per heavy atom. The summed E-state index contributed by atoms with van der Waals surface area (Å²) in [6.45, 7) is 1.56. The Hall–Kier alpha value is -2.70. The molecule has 2 bridgehead atoms. The third-order valence-corrected chi connectivity index (χ3v) is 4.81. The number of carbonyl (C=O) groups is 2. The Morgan fingerprint density at radius 2 is 1.91 bits per heavy atom. The lowest BCUT2D eigenvalue weighted by Crippen LogP contribution is -2.36. The van der Waals surface area contributed by atoms with Crippen molar-refractivity contribution in [2.45, 2.75) is 13.3 Å². The number of fused-ring (bicyclic) bond motifs is 2. The number of aliphatic carboxylic acids is 1. The van der Waals surface area contributed by atoms with E-state index in [1.165, 1.54) is 12.1 Å². The average molecular weight is 316 g/mol. The molecule has 1 fully saturated rings. The van der Waals surface area contributed by atoms with Gasteiger partial charge < -0.3 is 10.4 Å². The maximum atomic E-state index is 12.6. The Bertz CT molecular complexity index is 727. The molecule has 0 saturated heterocycles. The normalized spacial score (nSPS) is 27.9. The number of benzene rings is 1. The minimum atomic E-state index is -0.974. The first kappa shape index (κ1) is 15.2. The van der Waals surface area contributed by atoms with Crippen molar-refractivity contribution in [1.29, 1.82) is 0 Å². The summed E-state index contributed by atoms with van der Waals surface area (Å²) in [4.78, 5) is 34.5. The van der Waals surface area contributed by atoms with E-state index in [2.05, 4.69) is 5.32 Å². The van der Waals surface area contributed by atoms with E-state index in [4.69, 9.17) is 0 Å². The second-order valence-corrected chi connectivity index (χ2v) is 6.03. The second-order valence-electron chi connectivity index (χ2n) is 6.03. The molecule has 0 aliphatic heterocycles. The van der Waals surface area contributed by atoms with Gasteiger partial charge in [-0.3, -0.25) is 19.7 Å². The maximum absolute atomic E-state index is 12.6. The Labute approximate surface area is 132 Å². The molecule has 0 heterocycles. The first-order valence-electron chi connectivity index (χ1n) is 7.36. The molecule has 1 aromatic carbocycles. The van der Waals surface area contributed by atoms with Gasteiger partial charge in [-0.05, 0) is 31.2 Å². The lowest BCUT2D eigenvalue weighted by Gasteiger charge is -2.24. The Morgan fingerprint density at radius 3 is 2.52 bits per heavy atom. The third kappa shape index (κ3) is 2.48. The number of amides is 1. The van der Waals surface area contributed by atoms with Gasteiger partial charge in [0.2, 0.25) is 5.91 Å². The number of nitro groups is 1. The summed E-state index contributed by atoms with van der Waals surface area (Å²) in [5.41, 5.74) is 0.627. The summed E-state index contributed by atoms with van der Waals surface area (Å²) in [5.74, 6) is -2.93. The standard InChI is InChI=1S/C16H16N2O5/c1-8-11(3-2-4-12(8)18(22)23)17-15(19)13-9-5-6-10(7-9)14(13)16(20)21/h2-6,9-10,13-14H,7H2,1H3,(H,17,19)(H,20,21). The van der Waals surface area contributed by atoms with Crippen molar-refractivity contribution in [2.24, 2.45) is 23.7 Å². The van der Waals surface area contributed by atoms with Crippen molar-refractivity contribution in [3.63, 3.8) is 0 Å². The molecule has 2 N–H and O–H groups in total. The van der Waals surface area contributed by atoms with Gasteiger partial charge in [0.15, 0.2) is 0 Å². The fraction of sp³-hybridized carbons (Fsp3) is 0.375. The minimum absolute atomic E-state index is 0.0783. The quantitative estimate of drug-likeness (QED) is 0.503. The highest BCUT2D eigenvalue weighted by atomic mass is 16.6. The van der Waals surface area contributed by atoms with Crippen LogP contribution >= 0.6 is 0 Å². The topological polar surface area (TPSA) is 110 Å². The molecule has 0 radical (unpaired) electrons. The van der Waals surface area contributed by atoms with Gasteiger partial charge in [0, 0.05) is 6.07 Å². The van der Waals surface area contributed by atoms with Crippen molar-refractivity contribution >= 4 is 23.3 Å². The van der Waals surface area contributed by atoms with Crippen molar-refractivity contribution in [3.05, 3.63) is 46.0 Å². The fourth-order valence-electron chi connectivity index (χ4n) is 3.69. The second kappa shape index (κ2) is 5.49. The van der Waals surface area contributed by atoms with Crippen molar-refractivity contribution < 1.29 is 19.6 Å². The number of nitrogens with zero attached hydrogens (tertiary/aromatic N) is 1. The molecule has 1 amide bonds. The van der Waals surface area contributed by atoms with E-state index in [0.717, 1.165) is 0 Å². The van der Waals surface area contributed by atoms with Crippen LogP contribution in [-0.2, 0) is 9.59 Å². The average Bonchev–Trinajstić information content (AvgIpc) is 3.09. The number of hydrogen-bond acceptors (Lipinski definition) is 4. The van der Waals surface area contributed by atoms with Crippen LogP contribution in [0.1, 0.15) is 12.0 Å². The lowest BCUT2D eigenvalue weighted by atomic mass is 9.82. The van der Waals surface area contributed by atoms with Gasteiger partial charge in [0.25, 0.3) is 5.69 Å². The van der Waals surface area contributed by atoms with E-state index in [-0.39, 0.29) is 17.5 Å². The monoisotopic (exact) mass is 316 g/mol. The van der Waals surface area contributed by atoms with Gasteiger partial charge in [-0.15, -0.1) is 0 Å². The van der Waals surface area contributed by atoms with Crippen molar-refractivity contribution in [2.75, 3.05) is 5.32 Å². The number of allylic oxidation sites excluding steroid dienone is 2. The van der Waals surface area contributed by atoms with Crippen molar-refractivity contribution in [1.82, 2.24) is 0 Å². The SMILES string of the molecule is Cc1c(NC(=O)C2C3C=CC(C3)C2C(=O)O)cccc1[N+](=O)[O-]. The fourth-order valence-corrected chi connectivity index (χ4v) is 3.69. The van der Waals surface area contributed by atoms with Crippen LogP contribution in [0, 0.1) is 40.7 Å². The Kier molecular flexibility index (Phi) is 3.63. The summed E-state index contributed by atoms with van der Waals surface area (Å²) in [5, 5.41) is 23.0. The van der Waals surface area contributed by atoms with Gasteiger partial charge in [-0.1, -0.05) is 18.2 Å². The van der Waals surface area contributed by atoms with Crippen LogP contribution in [0.25, 0.3) is 0 Å². The van der Waals surface area contributed by atoms with Gasteiger partial charge >= 0.3 is 5.97 Å². The van der Waals surface area contributed by atoms with Crippen LogP contribution in [0.5, 0.6) is 0 Å². The number of nitrogens with one attached hydrogen (secondary N) is 1. The number of rotatable bonds is 4. The summed E-state index contributed by atoms with van der Waals surface area (Å²) in [6, 6.07) is 4.44. The van der Waals surface area contributed by atoms with Crippen LogP contribution in [0.4, 0.5) is 11.4 Å². The number of carboxylic acid groups (broad SMARTS) is 1. The molecule has 3 rings (SSSR count). The zero-order valence-corrected chi connectivity index (χ0v) is 12.4. The zero-order chi connectivity index (χ0) is 16.7.